The molecule has 12 N–H and O–H groups in total. The number of likely N-dealkylation sites (N-methyl/N-ethyl adjacent to an activating group) is 2. The molecule has 0 radical (unpaired) electrons. The van der Waals surface area contributed by atoms with Crippen molar-refractivity contribution in [3.63, 3.8) is 0 Å². The van der Waals surface area contributed by atoms with Crippen LogP contribution in [0.2, 0.25) is 0 Å². The number of fused-ring (bicyclic) bond motifs is 4. The highest BCUT2D eigenvalue weighted by atomic mass is 16.7. The zero-order valence-corrected chi connectivity index (χ0v) is 73.5. The number of para-hydroxylation sites is 2. The largest absolute Gasteiger partial charge is 0.496 e. The lowest BCUT2D eigenvalue weighted by molar-refractivity contribution is -0.183. The number of hydrogen-bond acceptors (Lipinski definition) is 21. The number of aromatic carboxylic acids is 1. The molecule has 6 aromatic carbocycles. The van der Waals surface area contributed by atoms with Gasteiger partial charge in [-0.2, -0.15) is 10.1 Å². The van der Waals surface area contributed by atoms with Crippen LogP contribution >= 0.6 is 0 Å². The normalized spacial score (nSPS) is 28.0. The summed E-state index contributed by atoms with van der Waals surface area (Å²) in [5.74, 6) is 0.882. The monoisotopic (exact) mass is 1670 g/mol. The van der Waals surface area contributed by atoms with Gasteiger partial charge in [0, 0.05) is 101 Å². The molecule has 6 aromatic rings. The maximum atomic E-state index is 14.4. The fraction of sp³-hybridized carbons (Fsp3) is 0.583. The van der Waals surface area contributed by atoms with Gasteiger partial charge in [-0.3, -0.25) is 24.1 Å². The van der Waals surface area contributed by atoms with Gasteiger partial charge in [-0.1, -0.05) is 139 Å². The first-order valence-corrected chi connectivity index (χ1v) is 43.9. The zero-order valence-electron chi connectivity index (χ0n) is 73.5. The van der Waals surface area contributed by atoms with Crippen LogP contribution in [0.4, 0.5) is 11.4 Å². The Hall–Kier alpha value is -8.12. The van der Waals surface area contributed by atoms with Gasteiger partial charge in [0.25, 0.3) is 5.91 Å². The van der Waals surface area contributed by atoms with Crippen molar-refractivity contribution >= 4 is 35.1 Å². The smallest absolute Gasteiger partial charge is 0.335 e. The highest BCUT2D eigenvalue weighted by Gasteiger charge is 2.60. The highest BCUT2D eigenvalue weighted by molar-refractivity contribution is 5.98. The Labute approximate surface area is 716 Å². The number of carboxylic acids is 1. The standard InChI is InChI=1S/C48H67N5O7.C37H51N3O8.C11H18N2/c1-29-40-23-35(48(40,3)4)24-41(29)50-47(58)44-43(30(2)56)42(28-55)60-53(44)25-32-15-11-17-39(45(32)59-7)33-20-34(22-38(21-33)52-18-12-16-37(52)27-54)46(57)49-36(26-51(5)6)19-31-13-9-8-10-14-31;1-20-29-15-25(37(29,3)4)16-30(20)38-35(44)33-32(21(2)43)31(19-42)48-40(33)17-22-8-6-10-28(34(22)47-5)23-12-24(36(45)46)14-27(13-23)39-11-7-9-26(39)18-41;1-13(2)9-11(12)8-10-6-4-3-5-7-10/h8-11,13-15,17,20-22,29-30,35-37,40-44,54-56H,12,16,18-19,23-28H2,1-7H3,(H,49,57)(H,50,58);6,8,10,12-14,20-21,25-26,29-33,41-43H,7,9,11,15-19H2,1-5H3,(H,38,44)(H,45,46);3-7,11H,8-9,12H2,1-2H3/t29-,30-,35+,36-,37+,40?,41-,42-,43+,44-;20-,21-,25+,26+,29?,30-,31-,32+,33-;11-/m000/s1. The van der Waals surface area contributed by atoms with E-state index in [-0.39, 0.29) is 110 Å². The number of carbonyl (C=O) groups excluding carboxylic acids is 3. The Morgan fingerprint density at radius 3 is 1.36 bits per heavy atom. The molecule has 10 aliphatic rings. The number of nitrogens with two attached hydrogens (primary N) is 1. The molecule has 20 atom stereocenters. The maximum Gasteiger partial charge on any atom is 0.335 e. The number of methoxy groups -OCH3 is 2. The maximum absolute atomic E-state index is 14.4. The van der Waals surface area contributed by atoms with Crippen LogP contribution in [0.1, 0.15) is 150 Å². The van der Waals surface area contributed by atoms with Gasteiger partial charge in [0.2, 0.25) is 11.8 Å². The summed E-state index contributed by atoms with van der Waals surface area (Å²) in [4.78, 5) is 76.0. The van der Waals surface area contributed by atoms with E-state index in [9.17, 15) is 54.9 Å². The highest BCUT2D eigenvalue weighted by Crippen LogP contribution is 2.62. The molecule has 660 valence electrons. The van der Waals surface area contributed by atoms with Crippen LogP contribution in [-0.4, -0.2) is 247 Å². The quantitative estimate of drug-likeness (QED) is 0.0193. The molecule has 4 saturated heterocycles. The van der Waals surface area contributed by atoms with E-state index >= 15 is 0 Å². The number of aliphatic hydroxyl groups excluding tert-OH is 6. The van der Waals surface area contributed by atoms with E-state index in [0.29, 0.717) is 82.2 Å². The molecule has 25 heteroatoms. The van der Waals surface area contributed by atoms with Gasteiger partial charge in [0.1, 0.15) is 35.8 Å². The van der Waals surface area contributed by atoms with Crippen molar-refractivity contribution in [2.24, 2.45) is 63.9 Å². The summed E-state index contributed by atoms with van der Waals surface area (Å²) in [6.45, 7) is 19.7. The van der Waals surface area contributed by atoms with Crippen molar-refractivity contribution in [2.45, 2.75) is 205 Å². The first kappa shape index (κ1) is 92.1. The zero-order chi connectivity index (χ0) is 87.1. The van der Waals surface area contributed by atoms with Gasteiger partial charge >= 0.3 is 5.97 Å². The number of nitrogens with zero attached hydrogens (tertiary/aromatic N) is 6. The number of ether oxygens (including phenoxy) is 2. The lowest BCUT2D eigenvalue weighted by Gasteiger charge is -2.62. The summed E-state index contributed by atoms with van der Waals surface area (Å²) in [5, 5.41) is 86.0. The van der Waals surface area contributed by atoms with E-state index in [2.05, 4.69) is 120 Å². The Morgan fingerprint density at radius 1 is 0.554 bits per heavy atom. The Morgan fingerprint density at radius 2 is 0.975 bits per heavy atom. The van der Waals surface area contributed by atoms with E-state index in [4.69, 9.17) is 24.9 Å². The molecule has 3 amide bonds. The number of hydrogen-bond donors (Lipinski definition) is 11. The molecule has 4 aliphatic heterocycles. The molecule has 0 spiro atoms. The van der Waals surface area contributed by atoms with Crippen LogP contribution in [0.25, 0.3) is 22.3 Å². The molecule has 16 rings (SSSR count). The topological polar surface area (TPSA) is 328 Å². The summed E-state index contributed by atoms with van der Waals surface area (Å²) in [6.07, 6.45) is 5.98. The third kappa shape index (κ3) is 20.6. The number of anilines is 2. The number of carbonyl (C=O) groups is 4. The summed E-state index contributed by atoms with van der Waals surface area (Å²) in [6, 6.07) is 41.3. The SMILES string of the molecule is CN(C)C[C@@H](N)Cc1ccccc1.COc1c(CN2O[C@@H](CO)[C@@H]([C@H](C)O)[C@H]2C(=O)N[C@H]2C[C@H]3CC([C@@H]2C)C3(C)C)cccc1-c1cc(C(=O)N[C@@H](Cc2ccccc2)CN(C)C)cc(N2CCC[C@@H]2CO)c1.COc1c(CN2O[C@@H](CO)[C@@H]([C@H](C)O)[C@H]2C(=O)N[C@H]2C[C@H]3CC([C@@H]2C)C3(C)C)cccc1-c1cc(C(=O)O)cc(N2CCC[C@@H]2CO)c1. The predicted octanol–water partition coefficient (Wildman–Crippen LogP) is 9.69. The average molecular weight is 1670 g/mol. The molecule has 6 aliphatic carbocycles. The van der Waals surface area contributed by atoms with Crippen LogP contribution < -0.4 is 41.0 Å². The third-order valence-electron chi connectivity index (χ3n) is 28.4. The second-order valence-corrected chi connectivity index (χ2v) is 37.5. The van der Waals surface area contributed by atoms with Crippen LogP contribution in [0.3, 0.4) is 0 Å². The minimum absolute atomic E-state index is 0.0121. The van der Waals surface area contributed by atoms with Crippen LogP contribution in [0.5, 0.6) is 11.5 Å². The number of amides is 3. The molecule has 25 nitrogen and oxygen atoms in total. The third-order valence-corrected chi connectivity index (χ3v) is 28.4. The van der Waals surface area contributed by atoms with Crippen molar-refractivity contribution in [2.75, 3.05) is 105 Å². The van der Waals surface area contributed by atoms with Crippen molar-refractivity contribution in [1.82, 2.24) is 35.9 Å². The molecule has 2 unspecified atom stereocenters. The van der Waals surface area contributed by atoms with Crippen molar-refractivity contribution in [3.05, 3.63) is 167 Å². The first-order chi connectivity index (χ1) is 57.8. The Balaban J connectivity index is 0.000000196. The number of aliphatic hydroxyl groups is 6. The molecule has 0 aromatic heterocycles. The second kappa shape index (κ2) is 40.2. The van der Waals surface area contributed by atoms with Crippen molar-refractivity contribution in [3.8, 4) is 33.8 Å². The van der Waals surface area contributed by atoms with E-state index in [1.807, 2.05) is 107 Å². The average Bonchev–Trinajstić information content (AvgIpc) is 1.11. The van der Waals surface area contributed by atoms with E-state index in [0.717, 1.165) is 98.2 Å². The molecule has 4 bridgehead atoms. The molecular weight excluding hydrogens is 1530 g/mol. The lowest BCUT2D eigenvalue weighted by atomic mass is 9.45. The minimum Gasteiger partial charge on any atom is -0.496 e. The predicted molar refractivity (Wildman–Crippen MR) is 470 cm³/mol. The van der Waals surface area contributed by atoms with Gasteiger partial charge in [-0.05, 0) is 211 Å². The minimum atomic E-state index is -1.06. The number of carboxylic acid groups (broad SMARTS) is 1. The van der Waals surface area contributed by atoms with Crippen molar-refractivity contribution < 1.29 is 74.1 Å². The summed E-state index contributed by atoms with van der Waals surface area (Å²) >= 11 is 0. The van der Waals surface area contributed by atoms with E-state index in [1.54, 1.807) is 50.3 Å². The van der Waals surface area contributed by atoms with Crippen LogP contribution in [0, 0.1) is 58.2 Å². The Bertz CT molecular complexity index is 4460. The summed E-state index contributed by atoms with van der Waals surface area (Å²) < 4.78 is 12.1. The number of hydroxylamine groups is 4. The molecular formula is C96H136N10O15. The van der Waals surface area contributed by atoms with E-state index < -0.39 is 54.3 Å². The molecule has 121 heavy (non-hydrogen) atoms. The van der Waals surface area contributed by atoms with E-state index in [1.165, 1.54) is 18.4 Å². The summed E-state index contributed by atoms with van der Waals surface area (Å²) in [7, 11) is 11.3. The summed E-state index contributed by atoms with van der Waals surface area (Å²) in [5.41, 5.74) is 15.4. The Kier molecular flexibility index (Phi) is 30.6. The van der Waals surface area contributed by atoms with Crippen LogP contribution in [0.15, 0.2) is 133 Å². The molecule has 4 heterocycles. The van der Waals surface area contributed by atoms with Crippen LogP contribution in [-0.2, 0) is 45.2 Å². The van der Waals surface area contributed by atoms with Gasteiger partial charge < -0.3 is 86.5 Å². The van der Waals surface area contributed by atoms with Gasteiger partial charge in [-0.15, -0.1) is 0 Å². The molecule has 10 fully saturated rings. The molecule has 6 saturated carbocycles. The van der Waals surface area contributed by atoms with Gasteiger partial charge in [0.15, 0.2) is 0 Å². The number of benzene rings is 6. The van der Waals surface area contributed by atoms with Gasteiger partial charge in [0.05, 0.1) is 83.6 Å². The fourth-order valence-electron chi connectivity index (χ4n) is 21.7. The second-order valence-electron chi connectivity index (χ2n) is 37.5. The number of rotatable bonds is 31. The van der Waals surface area contributed by atoms with Crippen molar-refractivity contribution in [1.29, 1.82) is 0 Å². The van der Waals surface area contributed by atoms with Gasteiger partial charge in [-0.25, -0.2) is 4.79 Å². The first-order valence-electron chi connectivity index (χ1n) is 43.9. The lowest BCUT2D eigenvalue weighted by Crippen LogP contribution is -2.62. The number of nitrogens with one attached hydrogen (secondary N) is 3. The fourth-order valence-corrected chi connectivity index (χ4v) is 21.7.